The summed E-state index contributed by atoms with van der Waals surface area (Å²) in [6.45, 7) is 10.2. The van der Waals surface area contributed by atoms with Gasteiger partial charge in [-0.3, -0.25) is 14.4 Å². The molecule has 182 valence electrons. The van der Waals surface area contributed by atoms with Gasteiger partial charge in [0.25, 0.3) is 5.91 Å². The predicted octanol–water partition coefficient (Wildman–Crippen LogP) is 3.00. The lowest BCUT2D eigenvalue weighted by Gasteiger charge is -2.15. The van der Waals surface area contributed by atoms with Crippen molar-refractivity contribution in [3.8, 4) is 11.5 Å². The molecule has 2 aromatic rings. The van der Waals surface area contributed by atoms with Gasteiger partial charge in [-0.15, -0.1) is 0 Å². The number of nitrogens with zero attached hydrogens (tertiary/aromatic N) is 1. The van der Waals surface area contributed by atoms with Crippen LogP contribution in [0.3, 0.4) is 0 Å². The Morgan fingerprint density at radius 2 is 1.65 bits per heavy atom. The van der Waals surface area contributed by atoms with E-state index in [4.69, 9.17) is 9.47 Å². The van der Waals surface area contributed by atoms with Crippen LogP contribution in [0.5, 0.6) is 11.5 Å². The molecule has 9 heteroatoms. The van der Waals surface area contributed by atoms with Gasteiger partial charge in [0.05, 0.1) is 12.8 Å². The van der Waals surface area contributed by atoms with Crippen LogP contribution < -0.4 is 25.5 Å². The molecule has 9 nitrogen and oxygen atoms in total. The van der Waals surface area contributed by atoms with E-state index in [1.165, 1.54) is 6.21 Å². The van der Waals surface area contributed by atoms with Crippen LogP contribution in [0, 0.1) is 20.8 Å². The Balaban J connectivity index is 2.00. The number of amides is 3. The topological polar surface area (TPSA) is 118 Å². The van der Waals surface area contributed by atoms with E-state index in [1.54, 1.807) is 18.2 Å². The minimum absolute atomic E-state index is 0.191. The van der Waals surface area contributed by atoms with Gasteiger partial charge in [0, 0.05) is 12.2 Å². The minimum atomic E-state index is -0.847. The molecule has 0 radical (unpaired) electrons. The standard InChI is InChI=1S/C25H32N4O5/c1-6-10-26-24(31)25(32)29-27-14-19-8-9-20(21(13-19)33-7-2)34-15-22(30)28-23-17(4)11-16(3)12-18(23)5/h8-9,11-14H,6-7,10,15H2,1-5H3,(H,26,31)(H,28,30)(H,29,32)/b27-14-. The number of anilines is 1. The van der Waals surface area contributed by atoms with Gasteiger partial charge >= 0.3 is 11.8 Å². The third-order valence-corrected chi connectivity index (χ3v) is 4.69. The smallest absolute Gasteiger partial charge is 0.329 e. The first-order chi connectivity index (χ1) is 16.2. The van der Waals surface area contributed by atoms with E-state index >= 15 is 0 Å². The summed E-state index contributed by atoms with van der Waals surface area (Å²) in [6.07, 6.45) is 2.11. The SMILES string of the molecule is CCCNC(=O)C(=O)N/N=C\c1ccc(OCC(=O)Nc2c(C)cc(C)cc2C)c(OCC)c1. The molecule has 0 aromatic heterocycles. The molecule has 2 aromatic carbocycles. The minimum Gasteiger partial charge on any atom is -0.490 e. The fourth-order valence-corrected chi connectivity index (χ4v) is 3.22. The molecular formula is C25H32N4O5. The summed E-state index contributed by atoms with van der Waals surface area (Å²) < 4.78 is 11.3. The highest BCUT2D eigenvalue weighted by molar-refractivity contribution is 6.35. The summed E-state index contributed by atoms with van der Waals surface area (Å²) >= 11 is 0. The zero-order chi connectivity index (χ0) is 25.1. The van der Waals surface area contributed by atoms with Gasteiger partial charge in [0.1, 0.15) is 0 Å². The molecule has 3 amide bonds. The van der Waals surface area contributed by atoms with Crippen molar-refractivity contribution in [1.29, 1.82) is 0 Å². The lowest BCUT2D eigenvalue weighted by atomic mass is 10.1. The van der Waals surface area contributed by atoms with E-state index in [1.807, 2.05) is 46.8 Å². The Morgan fingerprint density at radius 3 is 2.29 bits per heavy atom. The van der Waals surface area contributed by atoms with Crippen LogP contribution in [-0.2, 0) is 14.4 Å². The molecule has 0 aliphatic heterocycles. The number of nitrogens with one attached hydrogen (secondary N) is 3. The number of rotatable bonds is 10. The van der Waals surface area contributed by atoms with Crippen molar-refractivity contribution in [3.05, 3.63) is 52.6 Å². The average molecular weight is 469 g/mol. The molecule has 34 heavy (non-hydrogen) atoms. The van der Waals surface area contributed by atoms with Crippen LogP contribution in [0.1, 0.15) is 42.5 Å². The molecule has 0 aliphatic rings. The Bertz CT molecular complexity index is 1040. The predicted molar refractivity (Wildman–Crippen MR) is 131 cm³/mol. The molecule has 3 N–H and O–H groups in total. The number of benzene rings is 2. The molecule has 0 aliphatic carbocycles. The molecule has 0 atom stereocenters. The molecule has 0 heterocycles. The monoisotopic (exact) mass is 468 g/mol. The largest absolute Gasteiger partial charge is 0.490 e. The second-order valence-corrected chi connectivity index (χ2v) is 7.70. The summed E-state index contributed by atoms with van der Waals surface area (Å²) in [5, 5.41) is 9.17. The highest BCUT2D eigenvalue weighted by atomic mass is 16.5. The lowest BCUT2D eigenvalue weighted by Crippen LogP contribution is -2.38. The Kier molecular flexibility index (Phi) is 10.1. The molecule has 0 saturated heterocycles. The van der Waals surface area contributed by atoms with Crippen LogP contribution in [0.4, 0.5) is 5.69 Å². The number of hydrogen-bond acceptors (Lipinski definition) is 6. The summed E-state index contributed by atoms with van der Waals surface area (Å²) in [6, 6.07) is 9.03. The zero-order valence-electron chi connectivity index (χ0n) is 20.3. The van der Waals surface area contributed by atoms with Crippen molar-refractivity contribution in [1.82, 2.24) is 10.7 Å². The van der Waals surface area contributed by atoms with Crippen LogP contribution in [-0.4, -0.2) is 43.7 Å². The van der Waals surface area contributed by atoms with Gasteiger partial charge in [-0.25, -0.2) is 5.43 Å². The first kappa shape index (κ1) is 26.4. The van der Waals surface area contributed by atoms with E-state index in [9.17, 15) is 14.4 Å². The second kappa shape index (κ2) is 13.0. The normalized spacial score (nSPS) is 10.6. The van der Waals surface area contributed by atoms with E-state index in [0.29, 0.717) is 30.2 Å². The molecule has 0 saturated carbocycles. The van der Waals surface area contributed by atoms with E-state index < -0.39 is 11.8 Å². The third-order valence-electron chi connectivity index (χ3n) is 4.69. The maximum atomic E-state index is 12.5. The van der Waals surface area contributed by atoms with Gasteiger partial charge in [-0.05, 0) is 69.0 Å². The van der Waals surface area contributed by atoms with Crippen molar-refractivity contribution >= 4 is 29.6 Å². The molecule has 0 fully saturated rings. The van der Waals surface area contributed by atoms with Gasteiger partial charge in [0.2, 0.25) is 0 Å². The molecule has 2 rings (SSSR count). The average Bonchev–Trinajstić information content (AvgIpc) is 2.79. The number of aryl methyl sites for hydroxylation is 3. The van der Waals surface area contributed by atoms with Crippen LogP contribution in [0.2, 0.25) is 0 Å². The maximum absolute atomic E-state index is 12.5. The number of hydrogen-bond donors (Lipinski definition) is 3. The summed E-state index contributed by atoms with van der Waals surface area (Å²) in [5.74, 6) is -1.05. The molecular weight excluding hydrogens is 436 g/mol. The van der Waals surface area contributed by atoms with Gasteiger partial charge in [-0.2, -0.15) is 5.10 Å². The molecule has 0 unspecified atom stereocenters. The fraction of sp³-hybridized carbons (Fsp3) is 0.360. The number of hydrazone groups is 1. The van der Waals surface area contributed by atoms with Crippen molar-refractivity contribution in [3.63, 3.8) is 0 Å². The van der Waals surface area contributed by atoms with Crippen molar-refractivity contribution in [2.24, 2.45) is 5.10 Å². The number of ether oxygens (including phenoxy) is 2. The van der Waals surface area contributed by atoms with Gasteiger partial charge in [-0.1, -0.05) is 24.6 Å². The maximum Gasteiger partial charge on any atom is 0.329 e. The molecule has 0 spiro atoms. The van der Waals surface area contributed by atoms with Crippen molar-refractivity contribution < 1.29 is 23.9 Å². The fourth-order valence-electron chi connectivity index (χ4n) is 3.22. The first-order valence-electron chi connectivity index (χ1n) is 11.1. The van der Waals surface area contributed by atoms with Crippen LogP contribution in [0.15, 0.2) is 35.4 Å². The molecule has 0 bridgehead atoms. The lowest BCUT2D eigenvalue weighted by molar-refractivity contribution is -0.139. The Hall–Kier alpha value is -3.88. The van der Waals surface area contributed by atoms with Gasteiger partial charge in [0.15, 0.2) is 18.1 Å². The van der Waals surface area contributed by atoms with Crippen LogP contribution >= 0.6 is 0 Å². The van der Waals surface area contributed by atoms with Crippen LogP contribution in [0.25, 0.3) is 0 Å². The first-order valence-corrected chi connectivity index (χ1v) is 11.1. The van der Waals surface area contributed by atoms with Gasteiger partial charge < -0.3 is 20.1 Å². The Labute approximate surface area is 199 Å². The zero-order valence-corrected chi connectivity index (χ0v) is 20.3. The summed E-state index contributed by atoms with van der Waals surface area (Å²) in [4.78, 5) is 35.7. The number of carbonyl (C=O) groups is 3. The highest BCUT2D eigenvalue weighted by Gasteiger charge is 2.13. The third kappa shape index (κ3) is 7.91. The second-order valence-electron chi connectivity index (χ2n) is 7.70. The van der Waals surface area contributed by atoms with Crippen molar-refractivity contribution in [2.75, 3.05) is 25.1 Å². The van der Waals surface area contributed by atoms with E-state index in [2.05, 4.69) is 21.2 Å². The Morgan fingerprint density at radius 1 is 0.941 bits per heavy atom. The number of carbonyl (C=O) groups excluding carboxylic acids is 3. The van der Waals surface area contributed by atoms with E-state index in [-0.39, 0.29) is 12.5 Å². The quantitative estimate of drug-likeness (QED) is 0.281. The summed E-state index contributed by atoms with van der Waals surface area (Å²) in [7, 11) is 0. The highest BCUT2D eigenvalue weighted by Crippen LogP contribution is 2.28. The van der Waals surface area contributed by atoms with E-state index in [0.717, 1.165) is 28.8 Å². The van der Waals surface area contributed by atoms with Crippen molar-refractivity contribution in [2.45, 2.75) is 41.0 Å². The summed E-state index contributed by atoms with van der Waals surface area (Å²) in [5.41, 5.74) is 6.67.